The first kappa shape index (κ1) is 22.9. The van der Waals surface area contributed by atoms with Crippen LogP contribution in [0.3, 0.4) is 0 Å². The summed E-state index contributed by atoms with van der Waals surface area (Å²) in [6, 6.07) is 0. The Morgan fingerprint density at radius 2 is 2.08 bits per heavy atom. The first-order chi connectivity index (χ1) is 11.7. The molecule has 2 heterocycles. The van der Waals surface area contributed by atoms with Gasteiger partial charge < -0.3 is 25.4 Å². The molecule has 0 aromatic heterocycles. The lowest BCUT2D eigenvalue weighted by Crippen LogP contribution is -2.42. The van der Waals surface area contributed by atoms with Gasteiger partial charge in [-0.05, 0) is 51.6 Å². The van der Waals surface area contributed by atoms with Crippen molar-refractivity contribution in [3.63, 3.8) is 0 Å². The molecular formula is C18H37IN4O2. The minimum Gasteiger partial charge on any atom is -0.396 e. The summed E-state index contributed by atoms with van der Waals surface area (Å²) in [5, 5.41) is 16.2. The number of guanidine groups is 1. The van der Waals surface area contributed by atoms with Gasteiger partial charge in [0, 0.05) is 38.3 Å². The molecule has 7 heteroatoms. The van der Waals surface area contributed by atoms with Gasteiger partial charge in [0.1, 0.15) is 0 Å². The fourth-order valence-electron chi connectivity index (χ4n) is 3.62. The Balaban J connectivity index is 0.00000312. The van der Waals surface area contributed by atoms with Gasteiger partial charge in [0.05, 0.1) is 13.2 Å². The highest BCUT2D eigenvalue weighted by molar-refractivity contribution is 14.0. The molecule has 0 spiro atoms. The van der Waals surface area contributed by atoms with Crippen molar-refractivity contribution >= 4 is 29.9 Å². The van der Waals surface area contributed by atoms with Crippen LogP contribution in [-0.4, -0.2) is 75.1 Å². The van der Waals surface area contributed by atoms with E-state index < -0.39 is 0 Å². The summed E-state index contributed by atoms with van der Waals surface area (Å²) >= 11 is 0. The molecule has 0 bridgehead atoms. The molecule has 2 unspecified atom stereocenters. The van der Waals surface area contributed by atoms with Crippen LogP contribution in [0, 0.1) is 11.3 Å². The van der Waals surface area contributed by atoms with Crippen LogP contribution in [0.25, 0.3) is 0 Å². The maximum atomic E-state index is 9.33. The summed E-state index contributed by atoms with van der Waals surface area (Å²) < 4.78 is 5.55. The largest absolute Gasteiger partial charge is 0.396 e. The molecule has 2 fully saturated rings. The Kier molecular flexibility index (Phi) is 11.3. The molecule has 2 atom stereocenters. The van der Waals surface area contributed by atoms with E-state index >= 15 is 0 Å². The van der Waals surface area contributed by atoms with Crippen molar-refractivity contribution in [1.29, 1.82) is 0 Å². The van der Waals surface area contributed by atoms with Gasteiger partial charge in [-0.1, -0.05) is 6.92 Å². The molecule has 2 aliphatic heterocycles. The summed E-state index contributed by atoms with van der Waals surface area (Å²) in [6.07, 6.45) is 4.45. The van der Waals surface area contributed by atoms with Crippen molar-refractivity contribution in [2.45, 2.75) is 39.5 Å². The summed E-state index contributed by atoms with van der Waals surface area (Å²) in [6.45, 7) is 12.3. The van der Waals surface area contributed by atoms with E-state index in [1.165, 1.54) is 25.9 Å². The van der Waals surface area contributed by atoms with Crippen LogP contribution >= 0.6 is 24.0 Å². The van der Waals surface area contributed by atoms with E-state index in [9.17, 15) is 5.11 Å². The van der Waals surface area contributed by atoms with Crippen LogP contribution in [0.4, 0.5) is 0 Å². The number of aliphatic imine (C=N–C) groups is 1. The number of ether oxygens (including phenoxy) is 1. The van der Waals surface area contributed by atoms with Crippen molar-refractivity contribution in [2.75, 3.05) is 59.1 Å². The number of likely N-dealkylation sites (tertiary alicyclic amines) is 1. The third kappa shape index (κ3) is 7.97. The van der Waals surface area contributed by atoms with Crippen LogP contribution in [0.2, 0.25) is 0 Å². The van der Waals surface area contributed by atoms with Gasteiger partial charge in [0.2, 0.25) is 0 Å². The zero-order chi connectivity index (χ0) is 17.3. The fourth-order valence-corrected chi connectivity index (χ4v) is 3.62. The number of aliphatic hydroxyl groups excluding tert-OH is 1. The van der Waals surface area contributed by atoms with Gasteiger partial charge in [-0.2, -0.15) is 0 Å². The second-order valence-electron chi connectivity index (χ2n) is 7.47. The third-order valence-corrected chi connectivity index (χ3v) is 5.13. The molecule has 0 saturated carbocycles. The molecule has 3 N–H and O–H groups in total. The topological polar surface area (TPSA) is 69.1 Å². The predicted molar refractivity (Wildman–Crippen MR) is 114 cm³/mol. The molecule has 0 aromatic carbocycles. The highest BCUT2D eigenvalue weighted by Crippen LogP contribution is 2.32. The van der Waals surface area contributed by atoms with Gasteiger partial charge in [0.15, 0.2) is 5.96 Å². The number of halogens is 1. The maximum Gasteiger partial charge on any atom is 0.191 e. The van der Waals surface area contributed by atoms with Crippen LogP contribution in [0.5, 0.6) is 0 Å². The average Bonchev–Trinajstić information content (AvgIpc) is 3.23. The fraction of sp³-hybridized carbons (Fsp3) is 0.944. The van der Waals surface area contributed by atoms with Gasteiger partial charge in [-0.25, -0.2) is 0 Å². The van der Waals surface area contributed by atoms with Crippen LogP contribution in [0.1, 0.15) is 39.5 Å². The molecule has 148 valence electrons. The van der Waals surface area contributed by atoms with Gasteiger partial charge in [0.25, 0.3) is 0 Å². The zero-order valence-electron chi connectivity index (χ0n) is 15.9. The minimum absolute atomic E-state index is 0. The molecule has 2 aliphatic rings. The molecule has 2 saturated heterocycles. The molecule has 0 amide bonds. The Morgan fingerprint density at radius 3 is 2.68 bits per heavy atom. The smallest absolute Gasteiger partial charge is 0.191 e. The number of rotatable bonds is 9. The Bertz CT molecular complexity index is 383. The number of aliphatic hydroxyl groups is 1. The Morgan fingerprint density at radius 1 is 1.32 bits per heavy atom. The summed E-state index contributed by atoms with van der Waals surface area (Å²) in [7, 11) is 0. The van der Waals surface area contributed by atoms with Crippen LogP contribution < -0.4 is 10.6 Å². The SMILES string of the molecule is CCNC(=NCC1(CCO)CCOC1)NCC(C)CN1CCCC1.I. The number of hydrogen-bond donors (Lipinski definition) is 3. The second-order valence-corrected chi connectivity index (χ2v) is 7.47. The molecule has 0 radical (unpaired) electrons. The van der Waals surface area contributed by atoms with E-state index in [-0.39, 0.29) is 36.0 Å². The van der Waals surface area contributed by atoms with E-state index in [0.717, 1.165) is 45.0 Å². The highest BCUT2D eigenvalue weighted by atomic mass is 127. The molecule has 0 aromatic rings. The number of hydrogen-bond acceptors (Lipinski definition) is 4. The lowest BCUT2D eigenvalue weighted by Gasteiger charge is -2.25. The average molecular weight is 468 g/mol. The molecule has 6 nitrogen and oxygen atoms in total. The van der Waals surface area contributed by atoms with Crippen molar-refractivity contribution in [3.8, 4) is 0 Å². The molecule has 25 heavy (non-hydrogen) atoms. The van der Waals surface area contributed by atoms with E-state index in [1.807, 2.05) is 0 Å². The van der Waals surface area contributed by atoms with Gasteiger partial charge in [-0.3, -0.25) is 4.99 Å². The zero-order valence-corrected chi connectivity index (χ0v) is 18.3. The summed E-state index contributed by atoms with van der Waals surface area (Å²) in [4.78, 5) is 7.34. The van der Waals surface area contributed by atoms with E-state index in [0.29, 0.717) is 19.1 Å². The lowest BCUT2D eigenvalue weighted by atomic mass is 9.84. The third-order valence-electron chi connectivity index (χ3n) is 5.13. The Hall–Kier alpha value is -0.120. The highest BCUT2D eigenvalue weighted by Gasteiger charge is 2.34. The first-order valence-electron chi connectivity index (χ1n) is 9.60. The normalized spacial score (nSPS) is 25.6. The van der Waals surface area contributed by atoms with Crippen molar-refractivity contribution in [1.82, 2.24) is 15.5 Å². The first-order valence-corrected chi connectivity index (χ1v) is 9.60. The Labute approximate surface area is 170 Å². The molecule has 2 rings (SSSR count). The van der Waals surface area contributed by atoms with Crippen molar-refractivity contribution in [2.24, 2.45) is 16.3 Å². The van der Waals surface area contributed by atoms with Crippen LogP contribution in [-0.2, 0) is 4.74 Å². The van der Waals surface area contributed by atoms with E-state index in [4.69, 9.17) is 9.73 Å². The molecular weight excluding hydrogens is 431 g/mol. The van der Waals surface area contributed by atoms with Gasteiger partial charge >= 0.3 is 0 Å². The second kappa shape index (κ2) is 12.3. The quantitative estimate of drug-likeness (QED) is 0.273. The standard InChI is InChI=1S/C18H36N4O2.HI/c1-3-19-17(20-12-16(2)13-22-8-4-5-9-22)21-14-18(6-10-23)7-11-24-15-18;/h16,23H,3-15H2,1-2H3,(H2,19,20,21);1H. The number of nitrogens with zero attached hydrogens (tertiary/aromatic N) is 2. The number of nitrogens with one attached hydrogen (secondary N) is 2. The summed E-state index contributed by atoms with van der Waals surface area (Å²) in [5.74, 6) is 1.49. The molecule has 0 aliphatic carbocycles. The minimum atomic E-state index is 0. The monoisotopic (exact) mass is 468 g/mol. The predicted octanol–water partition coefficient (Wildman–Crippen LogP) is 1.68. The van der Waals surface area contributed by atoms with E-state index in [2.05, 4.69) is 29.4 Å². The maximum absolute atomic E-state index is 9.33. The van der Waals surface area contributed by atoms with E-state index in [1.54, 1.807) is 0 Å². The van der Waals surface area contributed by atoms with Crippen LogP contribution in [0.15, 0.2) is 4.99 Å². The summed E-state index contributed by atoms with van der Waals surface area (Å²) in [5.41, 5.74) is 0.0122. The lowest BCUT2D eigenvalue weighted by molar-refractivity contribution is 0.131. The van der Waals surface area contributed by atoms with Gasteiger partial charge in [-0.15, -0.1) is 24.0 Å². The van der Waals surface area contributed by atoms with Crippen molar-refractivity contribution in [3.05, 3.63) is 0 Å². The van der Waals surface area contributed by atoms with Crippen molar-refractivity contribution < 1.29 is 9.84 Å².